The van der Waals surface area contributed by atoms with Crippen LogP contribution in [0.2, 0.25) is 0 Å². The zero-order valence-electron chi connectivity index (χ0n) is 7.88. The van der Waals surface area contributed by atoms with Crippen LogP contribution in [0.1, 0.15) is 11.1 Å². The van der Waals surface area contributed by atoms with E-state index in [1.165, 1.54) is 0 Å². The van der Waals surface area contributed by atoms with Crippen LogP contribution in [0.5, 0.6) is 0 Å². The van der Waals surface area contributed by atoms with E-state index in [2.05, 4.69) is 11.1 Å². The van der Waals surface area contributed by atoms with Crippen LogP contribution in [-0.4, -0.2) is 6.03 Å². The zero-order valence-corrected chi connectivity index (χ0v) is 7.88. The number of rotatable bonds is 2. The Morgan fingerprint density at radius 2 is 2.00 bits per heavy atom. The number of carbonyl (C=O) groups excluding carboxylic acids is 1. The van der Waals surface area contributed by atoms with Gasteiger partial charge in [-0.3, -0.25) is 0 Å². The van der Waals surface area contributed by atoms with Gasteiger partial charge in [-0.1, -0.05) is 6.07 Å². The van der Waals surface area contributed by atoms with Gasteiger partial charge < -0.3 is 5.73 Å². The molecule has 0 atom stereocenters. The second-order valence-electron chi connectivity index (χ2n) is 2.96. The van der Waals surface area contributed by atoms with Gasteiger partial charge in [-0.15, -0.1) is 0 Å². The average molecular weight is 235 g/mol. The molecule has 1 rings (SSSR count). The molecule has 1 radical (unpaired) electrons. The zero-order chi connectivity index (χ0) is 12.3. The number of alkyl halides is 3. The molecule has 3 nitrogen and oxygen atoms in total. The Hall–Kier alpha value is -1.79. The Morgan fingerprint density at radius 3 is 2.44 bits per heavy atom. The number of carbonyl (C=O) groups is 1. The summed E-state index contributed by atoms with van der Waals surface area (Å²) < 4.78 is 49.6. The summed E-state index contributed by atoms with van der Waals surface area (Å²) in [6, 6.07) is 0.991. The van der Waals surface area contributed by atoms with E-state index in [0.717, 1.165) is 12.1 Å². The lowest BCUT2D eigenvalue weighted by Crippen LogP contribution is -2.22. The molecule has 0 bridgehead atoms. The molecule has 0 unspecified atom stereocenters. The number of benzene rings is 1. The molecular weight excluding hydrogens is 228 g/mol. The van der Waals surface area contributed by atoms with Crippen LogP contribution in [0.4, 0.5) is 22.4 Å². The van der Waals surface area contributed by atoms with Crippen molar-refractivity contribution in [2.45, 2.75) is 12.7 Å². The summed E-state index contributed by atoms with van der Waals surface area (Å²) in [5.41, 5.74) is 3.47. The number of nitrogens with zero attached hydrogens (tertiary/aromatic N) is 1. The van der Waals surface area contributed by atoms with E-state index in [9.17, 15) is 22.4 Å². The van der Waals surface area contributed by atoms with Crippen molar-refractivity contribution in [2.75, 3.05) is 0 Å². The summed E-state index contributed by atoms with van der Waals surface area (Å²) in [4.78, 5) is 10.3. The molecule has 1 aromatic rings. The van der Waals surface area contributed by atoms with Crippen LogP contribution in [0.25, 0.3) is 0 Å². The summed E-state index contributed by atoms with van der Waals surface area (Å²) in [7, 11) is 0. The van der Waals surface area contributed by atoms with Gasteiger partial charge in [-0.05, 0) is 12.1 Å². The van der Waals surface area contributed by atoms with Crippen LogP contribution in [-0.2, 0) is 12.7 Å². The second kappa shape index (κ2) is 4.38. The molecule has 0 fully saturated rings. The van der Waals surface area contributed by atoms with Crippen molar-refractivity contribution in [3.8, 4) is 0 Å². The Labute approximate surface area is 88.2 Å². The van der Waals surface area contributed by atoms with Gasteiger partial charge >= 0.3 is 12.2 Å². The largest absolute Gasteiger partial charge is 0.416 e. The van der Waals surface area contributed by atoms with E-state index in [1.807, 2.05) is 0 Å². The third-order valence-corrected chi connectivity index (χ3v) is 1.79. The predicted octanol–water partition coefficient (Wildman–Crippen LogP) is 2.03. The minimum absolute atomic E-state index is 0.119. The highest BCUT2D eigenvalue weighted by atomic mass is 19.4. The Balaban J connectivity index is 2.88. The molecule has 0 saturated heterocycles. The van der Waals surface area contributed by atoms with Crippen molar-refractivity contribution < 1.29 is 22.4 Å². The number of halogens is 4. The highest BCUT2D eigenvalue weighted by Crippen LogP contribution is 2.30. The van der Waals surface area contributed by atoms with E-state index in [4.69, 9.17) is 0 Å². The standard InChI is InChI=1S/C9H7F4N2O/c10-7-3-6(9(11,12)13)2-1-5(7)4-15-8(14)16/h1-3H,4H2,(H2,14,16). The monoisotopic (exact) mass is 235 g/mol. The maximum Gasteiger partial charge on any atom is 0.416 e. The van der Waals surface area contributed by atoms with E-state index in [1.54, 1.807) is 0 Å². The normalized spacial score (nSPS) is 11.2. The molecule has 0 aliphatic rings. The molecule has 87 valence electrons. The number of amides is 2. The van der Waals surface area contributed by atoms with Crippen molar-refractivity contribution in [3.63, 3.8) is 0 Å². The van der Waals surface area contributed by atoms with Crippen molar-refractivity contribution >= 4 is 6.03 Å². The van der Waals surface area contributed by atoms with Gasteiger partial charge in [0, 0.05) is 5.56 Å². The van der Waals surface area contributed by atoms with Crippen LogP contribution in [0.3, 0.4) is 0 Å². The fourth-order valence-electron chi connectivity index (χ4n) is 1.01. The summed E-state index contributed by atoms with van der Waals surface area (Å²) in [5.74, 6) is -1.07. The number of primary amides is 1. The summed E-state index contributed by atoms with van der Waals surface area (Å²) in [5, 5.41) is 3.17. The summed E-state index contributed by atoms with van der Waals surface area (Å²) >= 11 is 0. The lowest BCUT2D eigenvalue weighted by Gasteiger charge is -2.08. The molecule has 0 heterocycles. The molecule has 16 heavy (non-hydrogen) atoms. The first kappa shape index (κ1) is 12.3. The Bertz CT molecular complexity index is 403. The van der Waals surface area contributed by atoms with Gasteiger partial charge in [0.05, 0.1) is 12.1 Å². The molecular formula is C9H7F4N2O. The smallest absolute Gasteiger partial charge is 0.350 e. The molecule has 0 spiro atoms. The SMILES string of the molecule is NC(=O)[N]Cc1ccc(C(F)(F)F)cc1F. The third kappa shape index (κ3) is 3.11. The average Bonchev–Trinajstić information content (AvgIpc) is 2.14. The first-order chi connectivity index (χ1) is 7.30. The lowest BCUT2D eigenvalue weighted by atomic mass is 10.1. The number of hydrogen-bond acceptors (Lipinski definition) is 1. The summed E-state index contributed by atoms with van der Waals surface area (Å²) in [6.45, 7) is -0.376. The molecule has 2 amide bonds. The van der Waals surface area contributed by atoms with Crippen molar-refractivity contribution in [3.05, 3.63) is 35.1 Å². The maximum atomic E-state index is 13.1. The minimum atomic E-state index is -4.60. The minimum Gasteiger partial charge on any atom is -0.350 e. The van der Waals surface area contributed by atoms with Crippen molar-refractivity contribution in [1.82, 2.24) is 5.32 Å². The number of hydrogen-bond donors (Lipinski definition) is 1. The maximum absolute atomic E-state index is 13.1. The molecule has 1 aromatic carbocycles. The van der Waals surface area contributed by atoms with E-state index >= 15 is 0 Å². The van der Waals surface area contributed by atoms with Gasteiger partial charge in [0.25, 0.3) is 0 Å². The Morgan fingerprint density at radius 1 is 1.38 bits per heavy atom. The first-order valence-corrected chi connectivity index (χ1v) is 4.13. The van der Waals surface area contributed by atoms with E-state index in [-0.39, 0.29) is 12.1 Å². The molecule has 2 N–H and O–H groups in total. The lowest BCUT2D eigenvalue weighted by molar-refractivity contribution is -0.137. The second-order valence-corrected chi connectivity index (χ2v) is 2.96. The molecule has 0 aliphatic carbocycles. The van der Waals surface area contributed by atoms with Crippen LogP contribution in [0.15, 0.2) is 18.2 Å². The fraction of sp³-hybridized carbons (Fsp3) is 0.222. The van der Waals surface area contributed by atoms with Gasteiger partial charge in [-0.25, -0.2) is 14.5 Å². The molecule has 0 aromatic heterocycles. The fourth-order valence-corrected chi connectivity index (χ4v) is 1.01. The number of nitrogens with two attached hydrogens (primary N) is 1. The van der Waals surface area contributed by atoms with Crippen LogP contribution in [0, 0.1) is 5.82 Å². The van der Waals surface area contributed by atoms with Crippen LogP contribution < -0.4 is 11.1 Å². The third-order valence-electron chi connectivity index (χ3n) is 1.79. The molecule has 0 aliphatic heterocycles. The highest BCUT2D eigenvalue weighted by Gasteiger charge is 2.31. The van der Waals surface area contributed by atoms with Crippen LogP contribution >= 0.6 is 0 Å². The van der Waals surface area contributed by atoms with Gasteiger partial charge in [0.1, 0.15) is 5.82 Å². The van der Waals surface area contributed by atoms with Gasteiger partial charge in [0.15, 0.2) is 0 Å². The van der Waals surface area contributed by atoms with Crippen molar-refractivity contribution in [2.24, 2.45) is 5.73 Å². The highest BCUT2D eigenvalue weighted by molar-refractivity contribution is 5.71. The van der Waals surface area contributed by atoms with Gasteiger partial charge in [-0.2, -0.15) is 13.2 Å². The number of urea groups is 1. The van der Waals surface area contributed by atoms with Gasteiger partial charge in [0.2, 0.25) is 0 Å². The predicted molar refractivity (Wildman–Crippen MR) is 46.8 cm³/mol. The molecule has 7 heteroatoms. The Kier molecular flexibility index (Phi) is 3.36. The summed E-state index contributed by atoms with van der Waals surface area (Å²) in [6.07, 6.45) is -4.60. The first-order valence-electron chi connectivity index (χ1n) is 4.13. The topological polar surface area (TPSA) is 57.2 Å². The van der Waals surface area contributed by atoms with E-state index < -0.39 is 23.6 Å². The van der Waals surface area contributed by atoms with Crippen molar-refractivity contribution in [1.29, 1.82) is 0 Å². The quantitative estimate of drug-likeness (QED) is 0.783. The molecule has 0 saturated carbocycles. The van der Waals surface area contributed by atoms with E-state index in [0.29, 0.717) is 6.07 Å².